The molecule has 90 valence electrons. The Morgan fingerprint density at radius 1 is 1.25 bits per heavy atom. The standard InChI is InChI=1S/C12H18F2N2/c1-8(15)7-16(3)9(2)12-10(13)5-4-6-11(12)14/h4-6,8-9H,7,15H2,1-3H3. The molecule has 0 aliphatic rings. The summed E-state index contributed by atoms with van der Waals surface area (Å²) in [5, 5.41) is 0. The molecule has 4 heteroatoms. The van der Waals surface area contributed by atoms with Gasteiger partial charge in [0.1, 0.15) is 11.6 Å². The van der Waals surface area contributed by atoms with E-state index < -0.39 is 11.6 Å². The monoisotopic (exact) mass is 228 g/mol. The average molecular weight is 228 g/mol. The Morgan fingerprint density at radius 3 is 2.19 bits per heavy atom. The van der Waals surface area contributed by atoms with E-state index in [1.54, 1.807) is 14.0 Å². The van der Waals surface area contributed by atoms with E-state index in [-0.39, 0.29) is 17.6 Å². The minimum absolute atomic E-state index is 0.0257. The van der Waals surface area contributed by atoms with E-state index in [0.717, 1.165) is 0 Å². The van der Waals surface area contributed by atoms with Gasteiger partial charge in [-0.05, 0) is 33.0 Å². The fraction of sp³-hybridized carbons (Fsp3) is 0.500. The van der Waals surface area contributed by atoms with Gasteiger partial charge in [-0.2, -0.15) is 0 Å². The minimum Gasteiger partial charge on any atom is -0.327 e. The molecule has 0 radical (unpaired) electrons. The van der Waals surface area contributed by atoms with Crippen molar-refractivity contribution in [2.75, 3.05) is 13.6 Å². The normalized spacial score (nSPS) is 15.2. The summed E-state index contributed by atoms with van der Waals surface area (Å²) in [4.78, 5) is 1.84. The second kappa shape index (κ2) is 5.37. The van der Waals surface area contributed by atoms with Crippen LogP contribution in [0.4, 0.5) is 8.78 Å². The van der Waals surface area contributed by atoms with Crippen molar-refractivity contribution in [1.29, 1.82) is 0 Å². The van der Waals surface area contributed by atoms with Crippen molar-refractivity contribution in [2.24, 2.45) is 5.73 Å². The highest BCUT2D eigenvalue weighted by Gasteiger charge is 2.20. The van der Waals surface area contributed by atoms with Gasteiger partial charge in [0.25, 0.3) is 0 Å². The summed E-state index contributed by atoms with van der Waals surface area (Å²) >= 11 is 0. The Balaban J connectivity index is 2.91. The smallest absolute Gasteiger partial charge is 0.130 e. The van der Waals surface area contributed by atoms with Crippen LogP contribution in [0.2, 0.25) is 0 Å². The SMILES string of the molecule is CC(N)CN(C)C(C)c1c(F)cccc1F. The molecule has 2 unspecified atom stereocenters. The summed E-state index contributed by atoms with van der Waals surface area (Å²) < 4.78 is 27.0. The van der Waals surface area contributed by atoms with E-state index in [0.29, 0.717) is 6.54 Å². The molecular formula is C12H18F2N2. The van der Waals surface area contributed by atoms with Gasteiger partial charge in [0.15, 0.2) is 0 Å². The Bertz CT molecular complexity index is 333. The fourth-order valence-electron chi connectivity index (χ4n) is 1.74. The Morgan fingerprint density at radius 2 is 1.75 bits per heavy atom. The van der Waals surface area contributed by atoms with Crippen LogP contribution in [0.15, 0.2) is 18.2 Å². The average Bonchev–Trinajstić information content (AvgIpc) is 2.16. The van der Waals surface area contributed by atoms with Crippen LogP contribution < -0.4 is 5.73 Å². The number of hydrogen-bond donors (Lipinski definition) is 1. The largest absolute Gasteiger partial charge is 0.327 e. The lowest BCUT2D eigenvalue weighted by atomic mass is 10.1. The zero-order chi connectivity index (χ0) is 12.3. The van der Waals surface area contributed by atoms with Crippen molar-refractivity contribution in [3.8, 4) is 0 Å². The van der Waals surface area contributed by atoms with Gasteiger partial charge in [-0.25, -0.2) is 8.78 Å². The van der Waals surface area contributed by atoms with Crippen LogP contribution in [-0.4, -0.2) is 24.5 Å². The van der Waals surface area contributed by atoms with Crippen LogP contribution in [0.25, 0.3) is 0 Å². The predicted octanol–water partition coefficient (Wildman–Crippen LogP) is 2.30. The second-order valence-corrected chi connectivity index (χ2v) is 4.23. The van der Waals surface area contributed by atoms with E-state index in [1.807, 2.05) is 11.8 Å². The fourth-order valence-corrected chi connectivity index (χ4v) is 1.74. The maximum atomic E-state index is 13.5. The molecule has 0 fully saturated rings. The van der Waals surface area contributed by atoms with Crippen LogP contribution in [0.3, 0.4) is 0 Å². The molecule has 0 saturated carbocycles. The highest BCUT2D eigenvalue weighted by Crippen LogP contribution is 2.24. The first-order valence-electron chi connectivity index (χ1n) is 5.33. The minimum atomic E-state index is -0.510. The first-order valence-corrected chi connectivity index (χ1v) is 5.33. The van der Waals surface area contributed by atoms with Crippen LogP contribution in [0.1, 0.15) is 25.5 Å². The van der Waals surface area contributed by atoms with Crippen LogP contribution in [0, 0.1) is 11.6 Å². The quantitative estimate of drug-likeness (QED) is 0.856. The van der Waals surface area contributed by atoms with Crippen molar-refractivity contribution >= 4 is 0 Å². The molecule has 0 spiro atoms. The van der Waals surface area contributed by atoms with Crippen molar-refractivity contribution < 1.29 is 8.78 Å². The molecule has 16 heavy (non-hydrogen) atoms. The van der Waals surface area contributed by atoms with Crippen molar-refractivity contribution in [3.63, 3.8) is 0 Å². The van der Waals surface area contributed by atoms with Crippen LogP contribution in [-0.2, 0) is 0 Å². The van der Waals surface area contributed by atoms with Crippen LogP contribution in [0.5, 0.6) is 0 Å². The van der Waals surface area contributed by atoms with Gasteiger partial charge in [0, 0.05) is 24.2 Å². The van der Waals surface area contributed by atoms with Gasteiger partial charge in [-0.1, -0.05) is 6.07 Å². The van der Waals surface area contributed by atoms with Crippen LogP contribution >= 0.6 is 0 Å². The van der Waals surface area contributed by atoms with Gasteiger partial charge in [-0.15, -0.1) is 0 Å². The zero-order valence-corrected chi connectivity index (χ0v) is 9.87. The summed E-state index contributed by atoms with van der Waals surface area (Å²) in [6, 6.07) is 3.56. The summed E-state index contributed by atoms with van der Waals surface area (Å²) in [5.41, 5.74) is 5.76. The molecule has 0 bridgehead atoms. The highest BCUT2D eigenvalue weighted by atomic mass is 19.1. The first-order chi connectivity index (χ1) is 7.43. The third-order valence-corrected chi connectivity index (χ3v) is 2.65. The van der Waals surface area contributed by atoms with E-state index in [2.05, 4.69) is 0 Å². The molecule has 1 aromatic carbocycles. The molecule has 0 amide bonds. The molecule has 1 rings (SSSR count). The lowest BCUT2D eigenvalue weighted by Crippen LogP contribution is -2.35. The topological polar surface area (TPSA) is 29.3 Å². The summed E-state index contributed by atoms with van der Waals surface area (Å²) in [6.07, 6.45) is 0. The maximum Gasteiger partial charge on any atom is 0.130 e. The van der Waals surface area contributed by atoms with Gasteiger partial charge >= 0.3 is 0 Å². The third-order valence-electron chi connectivity index (χ3n) is 2.65. The number of hydrogen-bond acceptors (Lipinski definition) is 2. The van der Waals surface area contributed by atoms with Crippen molar-refractivity contribution in [2.45, 2.75) is 25.9 Å². The Hall–Kier alpha value is -1.00. The number of rotatable bonds is 4. The highest BCUT2D eigenvalue weighted by molar-refractivity contribution is 5.22. The number of nitrogens with zero attached hydrogens (tertiary/aromatic N) is 1. The predicted molar refractivity (Wildman–Crippen MR) is 61.1 cm³/mol. The molecule has 2 atom stereocenters. The first kappa shape index (κ1) is 13.1. The Labute approximate surface area is 95.1 Å². The van der Waals surface area contributed by atoms with Crippen molar-refractivity contribution in [1.82, 2.24) is 4.90 Å². The molecule has 0 heterocycles. The summed E-state index contributed by atoms with van der Waals surface area (Å²) in [7, 11) is 1.81. The summed E-state index contributed by atoms with van der Waals surface area (Å²) in [6.45, 7) is 4.22. The Kier molecular flexibility index (Phi) is 4.38. The molecule has 0 aliphatic heterocycles. The number of nitrogens with two attached hydrogens (primary N) is 1. The maximum absolute atomic E-state index is 13.5. The molecule has 0 saturated heterocycles. The molecular weight excluding hydrogens is 210 g/mol. The van der Waals surface area contributed by atoms with E-state index in [1.165, 1.54) is 18.2 Å². The van der Waals surface area contributed by atoms with Gasteiger partial charge in [0.2, 0.25) is 0 Å². The van der Waals surface area contributed by atoms with Gasteiger partial charge in [-0.3, -0.25) is 4.90 Å². The molecule has 2 nitrogen and oxygen atoms in total. The number of benzene rings is 1. The zero-order valence-electron chi connectivity index (χ0n) is 9.87. The van der Waals surface area contributed by atoms with Crippen molar-refractivity contribution in [3.05, 3.63) is 35.4 Å². The molecule has 0 aliphatic carbocycles. The van der Waals surface area contributed by atoms with Gasteiger partial charge < -0.3 is 5.73 Å². The van der Waals surface area contributed by atoms with E-state index in [9.17, 15) is 8.78 Å². The van der Waals surface area contributed by atoms with E-state index >= 15 is 0 Å². The molecule has 1 aromatic rings. The molecule has 0 aromatic heterocycles. The lowest BCUT2D eigenvalue weighted by molar-refractivity contribution is 0.239. The number of halogens is 2. The van der Waals surface area contributed by atoms with E-state index in [4.69, 9.17) is 5.73 Å². The number of likely N-dealkylation sites (N-methyl/N-ethyl adjacent to an activating group) is 1. The summed E-state index contributed by atoms with van der Waals surface area (Å²) in [5.74, 6) is -1.02. The molecule has 2 N–H and O–H groups in total. The third kappa shape index (κ3) is 3.00. The second-order valence-electron chi connectivity index (χ2n) is 4.23. The van der Waals surface area contributed by atoms with Gasteiger partial charge in [0.05, 0.1) is 0 Å². The lowest BCUT2D eigenvalue weighted by Gasteiger charge is -2.27.